The molecule has 13 heavy (non-hydrogen) atoms. The van der Waals surface area contributed by atoms with Crippen LogP contribution < -0.4 is 0 Å². The van der Waals surface area contributed by atoms with Gasteiger partial charge >= 0.3 is 0 Å². The molecule has 0 heterocycles. The molecule has 1 aliphatic rings. The van der Waals surface area contributed by atoms with Gasteiger partial charge in [0.1, 0.15) is 0 Å². The van der Waals surface area contributed by atoms with Crippen LogP contribution in [0.5, 0.6) is 0 Å². The van der Waals surface area contributed by atoms with Crippen molar-refractivity contribution in [1.82, 2.24) is 0 Å². The first-order chi connectivity index (χ1) is 6.19. The maximum absolute atomic E-state index is 9.59. The zero-order chi connectivity index (χ0) is 9.84. The molecule has 0 spiro atoms. The Bertz CT molecular complexity index is 214. The number of allylic oxidation sites excluding steroid dienone is 1. The fraction of sp³-hybridized carbons (Fsp3) is 0.600. The van der Waals surface area contributed by atoms with Crippen LogP contribution in [0.4, 0.5) is 0 Å². The minimum absolute atomic E-state index is 0.0278. The van der Waals surface area contributed by atoms with Crippen LogP contribution in [0, 0.1) is 0 Å². The highest BCUT2D eigenvalue weighted by Crippen LogP contribution is 2.28. The first-order valence-electron chi connectivity index (χ1n) is 4.50. The summed E-state index contributed by atoms with van der Waals surface area (Å²) in [5, 5.41) is 27.8. The lowest BCUT2D eigenvalue weighted by atomic mass is 9.85. The molecule has 1 saturated carbocycles. The van der Waals surface area contributed by atoms with Crippen LogP contribution >= 0.6 is 0 Å². The second-order valence-electron chi connectivity index (χ2n) is 3.27. The van der Waals surface area contributed by atoms with Crippen molar-refractivity contribution in [3.63, 3.8) is 0 Å². The van der Waals surface area contributed by atoms with Crippen LogP contribution in [0.1, 0.15) is 19.8 Å². The van der Waals surface area contributed by atoms with E-state index in [1.54, 1.807) is 12.2 Å². The lowest BCUT2D eigenvalue weighted by Crippen LogP contribution is -2.28. The quantitative estimate of drug-likeness (QED) is 0.516. The largest absolute Gasteiger partial charge is 0.392 e. The third-order valence-electron chi connectivity index (χ3n) is 2.39. The molecule has 3 N–H and O–H groups in total. The number of rotatable bonds is 1. The van der Waals surface area contributed by atoms with Crippen molar-refractivity contribution in [3.05, 3.63) is 23.3 Å². The normalized spacial score (nSPS) is 28.9. The highest BCUT2D eigenvalue weighted by Gasteiger charge is 2.26. The Balaban J connectivity index is 2.73. The summed E-state index contributed by atoms with van der Waals surface area (Å²) in [7, 11) is 0. The van der Waals surface area contributed by atoms with Crippen LogP contribution in [0.3, 0.4) is 0 Å². The Morgan fingerprint density at radius 1 is 1.31 bits per heavy atom. The molecule has 0 saturated heterocycles. The summed E-state index contributed by atoms with van der Waals surface area (Å²) >= 11 is 0. The predicted octanol–water partition coefficient (Wildman–Crippen LogP) is 0.367. The van der Waals surface area contributed by atoms with Crippen molar-refractivity contribution in [2.24, 2.45) is 0 Å². The maximum atomic E-state index is 9.59. The first kappa shape index (κ1) is 10.4. The van der Waals surface area contributed by atoms with Crippen molar-refractivity contribution < 1.29 is 15.3 Å². The van der Waals surface area contributed by atoms with E-state index in [-0.39, 0.29) is 6.61 Å². The van der Waals surface area contributed by atoms with Gasteiger partial charge in [-0.2, -0.15) is 0 Å². The number of aliphatic hydroxyl groups is 3. The van der Waals surface area contributed by atoms with Gasteiger partial charge in [-0.05, 0) is 25.3 Å². The number of hydrogen-bond donors (Lipinski definition) is 3. The summed E-state index contributed by atoms with van der Waals surface area (Å²) in [5.41, 5.74) is 1.61. The monoisotopic (exact) mass is 184 g/mol. The zero-order valence-electron chi connectivity index (χ0n) is 7.77. The standard InChI is InChI=1S/C10H16O3/c1-2-8-9(12)5-7(3-4-11)6-10(8)13/h2-3,9-13H,4-6H2,1H3/t9-,10-/m1/s1. The van der Waals surface area contributed by atoms with Crippen LogP contribution in [0.2, 0.25) is 0 Å². The molecule has 0 aliphatic heterocycles. The van der Waals surface area contributed by atoms with Crippen molar-refractivity contribution in [2.45, 2.75) is 32.0 Å². The highest BCUT2D eigenvalue weighted by molar-refractivity contribution is 5.24. The van der Waals surface area contributed by atoms with Gasteiger partial charge in [0.2, 0.25) is 0 Å². The maximum Gasteiger partial charge on any atom is 0.0812 e. The van der Waals surface area contributed by atoms with Crippen molar-refractivity contribution >= 4 is 0 Å². The molecule has 0 amide bonds. The van der Waals surface area contributed by atoms with Crippen molar-refractivity contribution in [3.8, 4) is 0 Å². The van der Waals surface area contributed by atoms with Crippen LogP contribution in [0.15, 0.2) is 23.3 Å². The Morgan fingerprint density at radius 3 is 2.23 bits per heavy atom. The predicted molar refractivity (Wildman–Crippen MR) is 50.2 cm³/mol. The molecule has 0 radical (unpaired) electrons. The van der Waals surface area contributed by atoms with Gasteiger partial charge < -0.3 is 15.3 Å². The summed E-state index contributed by atoms with van der Waals surface area (Å²) in [6.07, 6.45) is 3.27. The first-order valence-corrected chi connectivity index (χ1v) is 4.50. The zero-order valence-corrected chi connectivity index (χ0v) is 7.77. The Morgan fingerprint density at radius 2 is 1.85 bits per heavy atom. The van der Waals surface area contributed by atoms with Gasteiger partial charge in [0.15, 0.2) is 0 Å². The SMILES string of the molecule is CC=C1[C@H](O)CC(=CCO)C[C@H]1O. The van der Waals surface area contributed by atoms with E-state index < -0.39 is 12.2 Å². The van der Waals surface area contributed by atoms with E-state index in [0.29, 0.717) is 18.4 Å². The molecule has 3 heteroatoms. The van der Waals surface area contributed by atoms with Gasteiger partial charge in [-0.3, -0.25) is 0 Å². The molecule has 0 aromatic heterocycles. The van der Waals surface area contributed by atoms with Gasteiger partial charge in [-0.1, -0.05) is 17.7 Å². The molecular formula is C10H16O3. The van der Waals surface area contributed by atoms with Crippen LogP contribution in [-0.4, -0.2) is 34.1 Å². The van der Waals surface area contributed by atoms with Gasteiger partial charge in [0.25, 0.3) is 0 Å². The van der Waals surface area contributed by atoms with E-state index in [1.165, 1.54) is 0 Å². The topological polar surface area (TPSA) is 60.7 Å². The average molecular weight is 184 g/mol. The molecular weight excluding hydrogens is 168 g/mol. The van der Waals surface area contributed by atoms with Gasteiger partial charge in [0, 0.05) is 0 Å². The Kier molecular flexibility index (Phi) is 3.66. The van der Waals surface area contributed by atoms with Crippen molar-refractivity contribution in [2.75, 3.05) is 6.61 Å². The van der Waals surface area contributed by atoms with E-state index in [0.717, 1.165) is 5.57 Å². The summed E-state index contributed by atoms with van der Waals surface area (Å²) in [5.74, 6) is 0. The number of hydrogen-bond acceptors (Lipinski definition) is 3. The van der Waals surface area contributed by atoms with Crippen LogP contribution in [-0.2, 0) is 0 Å². The van der Waals surface area contributed by atoms with E-state index in [4.69, 9.17) is 5.11 Å². The molecule has 0 aromatic carbocycles. The molecule has 2 atom stereocenters. The van der Waals surface area contributed by atoms with Gasteiger partial charge in [-0.15, -0.1) is 0 Å². The average Bonchev–Trinajstić information content (AvgIpc) is 2.04. The lowest BCUT2D eigenvalue weighted by Gasteiger charge is -2.28. The van der Waals surface area contributed by atoms with Crippen LogP contribution in [0.25, 0.3) is 0 Å². The highest BCUT2D eigenvalue weighted by atomic mass is 16.3. The fourth-order valence-corrected chi connectivity index (χ4v) is 1.72. The minimum atomic E-state index is -0.591. The molecule has 0 bridgehead atoms. The molecule has 3 nitrogen and oxygen atoms in total. The third-order valence-corrected chi connectivity index (χ3v) is 2.39. The number of aliphatic hydroxyl groups excluding tert-OH is 3. The van der Waals surface area contributed by atoms with E-state index >= 15 is 0 Å². The van der Waals surface area contributed by atoms with Gasteiger partial charge in [-0.25, -0.2) is 0 Å². The van der Waals surface area contributed by atoms with Gasteiger partial charge in [0.05, 0.1) is 18.8 Å². The molecule has 1 aliphatic carbocycles. The second kappa shape index (κ2) is 4.56. The second-order valence-corrected chi connectivity index (χ2v) is 3.27. The molecule has 74 valence electrons. The van der Waals surface area contributed by atoms with Crippen molar-refractivity contribution in [1.29, 1.82) is 0 Å². The molecule has 0 unspecified atom stereocenters. The Hall–Kier alpha value is -0.640. The lowest BCUT2D eigenvalue weighted by molar-refractivity contribution is 0.122. The Labute approximate surface area is 78.0 Å². The molecule has 1 rings (SSSR count). The molecule has 0 aromatic rings. The fourth-order valence-electron chi connectivity index (χ4n) is 1.72. The van der Waals surface area contributed by atoms with E-state index in [2.05, 4.69) is 0 Å². The smallest absolute Gasteiger partial charge is 0.0812 e. The minimum Gasteiger partial charge on any atom is -0.392 e. The van der Waals surface area contributed by atoms with E-state index in [1.807, 2.05) is 6.92 Å². The van der Waals surface area contributed by atoms with E-state index in [9.17, 15) is 10.2 Å². The summed E-state index contributed by atoms with van der Waals surface area (Å²) in [6, 6.07) is 0. The summed E-state index contributed by atoms with van der Waals surface area (Å²) in [6.45, 7) is 1.78. The summed E-state index contributed by atoms with van der Waals surface area (Å²) in [4.78, 5) is 0. The third kappa shape index (κ3) is 2.40. The summed E-state index contributed by atoms with van der Waals surface area (Å²) < 4.78 is 0. The molecule has 1 fully saturated rings.